The minimum atomic E-state index is -1.47. The van der Waals surface area contributed by atoms with Gasteiger partial charge in [-0.05, 0) is 69.2 Å². The highest BCUT2D eigenvalue weighted by molar-refractivity contribution is 6.69. The molecule has 0 amide bonds. The van der Waals surface area contributed by atoms with Crippen molar-refractivity contribution in [1.82, 2.24) is 9.97 Å². The zero-order chi connectivity index (χ0) is 16.2. The van der Waals surface area contributed by atoms with Crippen molar-refractivity contribution in [3.8, 4) is 17.1 Å². The summed E-state index contributed by atoms with van der Waals surface area (Å²) in [5, 5.41) is 9.30. The molecular weight excluding hydrogens is 292 g/mol. The topological polar surface area (TPSA) is 55.2 Å². The van der Waals surface area contributed by atoms with Crippen LogP contribution in [0, 0.1) is 0 Å². The van der Waals surface area contributed by atoms with E-state index in [1.807, 2.05) is 24.5 Å². The largest absolute Gasteiger partial charge is 0.508 e. The first kappa shape index (κ1) is 16.6. The molecule has 2 rings (SSSR count). The van der Waals surface area contributed by atoms with Crippen LogP contribution in [0.2, 0.25) is 19.6 Å². The molecule has 1 atom stereocenters. The van der Waals surface area contributed by atoms with Gasteiger partial charge >= 0.3 is 0 Å². The van der Waals surface area contributed by atoms with E-state index in [4.69, 9.17) is 4.43 Å². The van der Waals surface area contributed by atoms with E-state index in [0.29, 0.717) is 5.82 Å². The van der Waals surface area contributed by atoms with E-state index in [-0.39, 0.29) is 11.9 Å². The van der Waals surface area contributed by atoms with Gasteiger partial charge in [0.05, 0.1) is 0 Å². The van der Waals surface area contributed by atoms with Gasteiger partial charge in [0.1, 0.15) is 5.75 Å². The molecule has 0 spiro atoms. The Kier molecular flexibility index (Phi) is 5.31. The average Bonchev–Trinajstić information content (AvgIpc) is 2.45. The van der Waals surface area contributed by atoms with Gasteiger partial charge in [0, 0.05) is 24.1 Å². The van der Waals surface area contributed by atoms with E-state index in [1.165, 1.54) is 0 Å². The lowest BCUT2D eigenvalue weighted by molar-refractivity contribution is 0.204. The zero-order valence-electron chi connectivity index (χ0n) is 13.7. The third-order valence-electron chi connectivity index (χ3n) is 3.23. The van der Waals surface area contributed by atoms with Crippen LogP contribution in [0.4, 0.5) is 0 Å². The number of benzene rings is 1. The van der Waals surface area contributed by atoms with Gasteiger partial charge in [-0.25, -0.2) is 9.97 Å². The molecule has 0 radical (unpaired) electrons. The van der Waals surface area contributed by atoms with E-state index >= 15 is 0 Å². The Bertz CT molecular complexity index is 592. The lowest BCUT2D eigenvalue weighted by Gasteiger charge is -2.23. The molecule has 1 unspecified atom stereocenters. The molecule has 1 aromatic heterocycles. The molecule has 5 heteroatoms. The zero-order valence-corrected chi connectivity index (χ0v) is 14.7. The summed E-state index contributed by atoms with van der Waals surface area (Å²) in [7, 11) is -1.47. The second-order valence-corrected chi connectivity index (χ2v) is 11.0. The van der Waals surface area contributed by atoms with E-state index < -0.39 is 8.32 Å². The first-order chi connectivity index (χ1) is 10.3. The smallest absolute Gasteiger partial charge is 0.184 e. The first-order valence-corrected chi connectivity index (χ1v) is 11.0. The van der Waals surface area contributed by atoms with Crippen LogP contribution < -0.4 is 0 Å². The Morgan fingerprint density at radius 2 is 1.68 bits per heavy atom. The fraction of sp³-hybridized carbons (Fsp3) is 0.412. The number of phenolic OH excluding ortho intramolecular Hbond substituents is 1. The summed E-state index contributed by atoms with van der Waals surface area (Å²) in [6.45, 7) is 8.75. The highest BCUT2D eigenvalue weighted by Crippen LogP contribution is 2.18. The maximum absolute atomic E-state index is 9.30. The van der Waals surface area contributed by atoms with Crippen molar-refractivity contribution < 1.29 is 9.53 Å². The van der Waals surface area contributed by atoms with Gasteiger partial charge in [0.2, 0.25) is 0 Å². The van der Waals surface area contributed by atoms with Gasteiger partial charge in [-0.1, -0.05) is 0 Å². The van der Waals surface area contributed by atoms with Crippen molar-refractivity contribution in [2.24, 2.45) is 0 Å². The van der Waals surface area contributed by atoms with Gasteiger partial charge in [-0.15, -0.1) is 0 Å². The minimum absolute atomic E-state index is 0.247. The SMILES string of the molecule is CC(CCc1cnc(-c2ccc(O)cc2)nc1)O[Si](C)(C)C. The summed E-state index contributed by atoms with van der Waals surface area (Å²) in [5.41, 5.74) is 2.02. The predicted molar refractivity (Wildman–Crippen MR) is 91.3 cm³/mol. The maximum Gasteiger partial charge on any atom is 0.184 e. The molecule has 0 saturated heterocycles. The molecule has 0 aliphatic rings. The summed E-state index contributed by atoms with van der Waals surface area (Å²) >= 11 is 0. The number of rotatable bonds is 6. The van der Waals surface area contributed by atoms with Gasteiger partial charge in [0.25, 0.3) is 0 Å². The Morgan fingerprint density at radius 1 is 1.09 bits per heavy atom. The van der Waals surface area contributed by atoms with Crippen LogP contribution in [0.5, 0.6) is 5.75 Å². The summed E-state index contributed by atoms with van der Waals surface area (Å²) < 4.78 is 6.04. The minimum Gasteiger partial charge on any atom is -0.508 e. The highest BCUT2D eigenvalue weighted by Gasteiger charge is 2.18. The molecule has 1 aromatic carbocycles. The van der Waals surface area contributed by atoms with Crippen molar-refractivity contribution in [1.29, 1.82) is 0 Å². The number of aryl methyl sites for hydroxylation is 1. The number of aromatic nitrogens is 2. The van der Waals surface area contributed by atoms with Gasteiger partial charge < -0.3 is 9.53 Å². The molecule has 1 N–H and O–H groups in total. The second-order valence-electron chi connectivity index (χ2n) is 6.54. The number of nitrogens with zero attached hydrogens (tertiary/aromatic N) is 2. The second kappa shape index (κ2) is 7.02. The average molecular weight is 316 g/mol. The Labute approximate surface area is 133 Å². The highest BCUT2D eigenvalue weighted by atomic mass is 28.4. The standard InChI is InChI=1S/C17H24N2O2Si/c1-13(21-22(2,3)4)5-6-14-11-18-17(19-12-14)15-7-9-16(20)10-8-15/h7-13,20H,5-6H2,1-4H3. The lowest BCUT2D eigenvalue weighted by atomic mass is 10.1. The third-order valence-corrected chi connectivity index (χ3v) is 4.33. The van der Waals surface area contributed by atoms with E-state index in [9.17, 15) is 5.11 Å². The number of phenols is 1. The van der Waals surface area contributed by atoms with Crippen LogP contribution in [0.15, 0.2) is 36.7 Å². The summed E-state index contributed by atoms with van der Waals surface area (Å²) in [6.07, 6.45) is 5.91. The fourth-order valence-electron chi connectivity index (χ4n) is 2.28. The maximum atomic E-state index is 9.30. The van der Waals surface area contributed by atoms with Crippen LogP contribution in [0.1, 0.15) is 18.9 Å². The molecule has 118 valence electrons. The van der Waals surface area contributed by atoms with Gasteiger partial charge in [-0.2, -0.15) is 0 Å². The van der Waals surface area contributed by atoms with Crippen molar-refractivity contribution in [2.75, 3.05) is 0 Å². The molecule has 0 fully saturated rings. The normalized spacial score (nSPS) is 13.1. The first-order valence-electron chi connectivity index (χ1n) is 7.61. The fourth-order valence-corrected chi connectivity index (χ4v) is 3.60. The lowest BCUT2D eigenvalue weighted by Crippen LogP contribution is -2.30. The Balaban J connectivity index is 1.93. The number of aromatic hydroxyl groups is 1. The molecule has 0 bridgehead atoms. The van der Waals surface area contributed by atoms with Crippen LogP contribution in [-0.2, 0) is 10.8 Å². The molecule has 22 heavy (non-hydrogen) atoms. The van der Waals surface area contributed by atoms with Crippen molar-refractivity contribution in [3.05, 3.63) is 42.2 Å². The van der Waals surface area contributed by atoms with E-state index in [0.717, 1.165) is 24.0 Å². The number of hydrogen-bond donors (Lipinski definition) is 1. The molecule has 2 aromatic rings. The molecule has 0 aliphatic carbocycles. The van der Waals surface area contributed by atoms with Crippen molar-refractivity contribution in [3.63, 3.8) is 0 Å². The van der Waals surface area contributed by atoms with Crippen LogP contribution >= 0.6 is 0 Å². The van der Waals surface area contributed by atoms with Crippen molar-refractivity contribution in [2.45, 2.75) is 45.5 Å². The molecule has 4 nitrogen and oxygen atoms in total. The van der Waals surface area contributed by atoms with Crippen LogP contribution in [0.25, 0.3) is 11.4 Å². The van der Waals surface area contributed by atoms with Crippen LogP contribution in [0.3, 0.4) is 0 Å². The molecule has 0 aliphatic heterocycles. The molecule has 0 saturated carbocycles. The molecular formula is C17H24N2O2Si. The molecule has 1 heterocycles. The van der Waals surface area contributed by atoms with Gasteiger partial charge in [-0.3, -0.25) is 0 Å². The summed E-state index contributed by atoms with van der Waals surface area (Å²) in [4.78, 5) is 8.81. The third kappa shape index (κ3) is 5.24. The summed E-state index contributed by atoms with van der Waals surface area (Å²) in [6, 6.07) is 6.91. The quantitative estimate of drug-likeness (QED) is 0.818. The monoisotopic (exact) mass is 316 g/mol. The van der Waals surface area contributed by atoms with E-state index in [2.05, 4.69) is 36.5 Å². The number of hydrogen-bond acceptors (Lipinski definition) is 4. The predicted octanol–water partition coefficient (Wildman–Crippen LogP) is 4.02. The van der Waals surface area contributed by atoms with Gasteiger partial charge in [0.15, 0.2) is 14.1 Å². The van der Waals surface area contributed by atoms with E-state index in [1.54, 1.807) is 12.1 Å². The Hall–Kier alpha value is -1.72. The van der Waals surface area contributed by atoms with Crippen LogP contribution in [-0.4, -0.2) is 29.5 Å². The Morgan fingerprint density at radius 3 is 2.23 bits per heavy atom. The van der Waals surface area contributed by atoms with Crippen molar-refractivity contribution >= 4 is 8.32 Å². The summed E-state index contributed by atoms with van der Waals surface area (Å²) in [5.74, 6) is 0.923.